The highest BCUT2D eigenvalue weighted by Crippen LogP contribution is 2.68. The van der Waals surface area contributed by atoms with Gasteiger partial charge in [-0.2, -0.15) is 0 Å². The fourth-order valence-corrected chi connectivity index (χ4v) is 8.84. The standard InChI is InChI=1S/C27H46O5/c1-24(2,31-29)13-6-14-27(5,32-30)23-10-9-21-20-8-7-18-17-19(28)11-15-25(18,3)22(20)12-16-26(21,23)4/h7,19-23,28-30H,6,8-17H2,1-5H3/t19-,20-,21-,22-,23-,25-,26-,27+/m0/s1. The van der Waals surface area contributed by atoms with Crippen molar-refractivity contribution in [1.29, 1.82) is 0 Å². The summed E-state index contributed by atoms with van der Waals surface area (Å²) in [7, 11) is 0. The molecule has 3 saturated carbocycles. The van der Waals surface area contributed by atoms with Crippen LogP contribution in [0.4, 0.5) is 0 Å². The van der Waals surface area contributed by atoms with Crippen molar-refractivity contribution >= 4 is 0 Å². The molecule has 0 unspecified atom stereocenters. The summed E-state index contributed by atoms with van der Waals surface area (Å²) in [6.07, 6.45) is 13.5. The van der Waals surface area contributed by atoms with Gasteiger partial charge in [0, 0.05) is 0 Å². The summed E-state index contributed by atoms with van der Waals surface area (Å²) in [6, 6.07) is 0. The first kappa shape index (κ1) is 24.7. The van der Waals surface area contributed by atoms with E-state index in [1.165, 1.54) is 24.8 Å². The number of hydrogen-bond donors (Lipinski definition) is 3. The van der Waals surface area contributed by atoms with Gasteiger partial charge < -0.3 is 5.11 Å². The minimum atomic E-state index is -0.578. The van der Waals surface area contributed by atoms with Crippen LogP contribution < -0.4 is 0 Å². The third kappa shape index (κ3) is 4.00. The van der Waals surface area contributed by atoms with Crippen LogP contribution in [-0.4, -0.2) is 32.9 Å². The molecule has 32 heavy (non-hydrogen) atoms. The van der Waals surface area contributed by atoms with E-state index in [-0.39, 0.29) is 16.9 Å². The van der Waals surface area contributed by atoms with Crippen molar-refractivity contribution in [3.8, 4) is 0 Å². The monoisotopic (exact) mass is 450 g/mol. The highest BCUT2D eigenvalue weighted by Gasteiger charge is 2.61. The van der Waals surface area contributed by atoms with Crippen LogP contribution in [0.5, 0.6) is 0 Å². The molecule has 0 spiro atoms. The lowest BCUT2D eigenvalue weighted by Gasteiger charge is -2.59. The fourth-order valence-electron chi connectivity index (χ4n) is 8.84. The molecule has 5 heteroatoms. The lowest BCUT2D eigenvalue weighted by Crippen LogP contribution is -2.53. The van der Waals surface area contributed by atoms with Gasteiger partial charge in [0.25, 0.3) is 0 Å². The molecule has 4 aliphatic rings. The lowest BCUT2D eigenvalue weighted by molar-refractivity contribution is -0.345. The Morgan fingerprint density at radius 2 is 1.72 bits per heavy atom. The van der Waals surface area contributed by atoms with Crippen molar-refractivity contribution in [1.82, 2.24) is 0 Å². The molecule has 3 fully saturated rings. The topological polar surface area (TPSA) is 79.2 Å². The number of fused-ring (bicyclic) bond motifs is 5. The smallest absolute Gasteiger partial charge is 0.104 e. The van der Waals surface area contributed by atoms with Gasteiger partial charge >= 0.3 is 0 Å². The first-order valence-corrected chi connectivity index (χ1v) is 13.0. The Morgan fingerprint density at radius 1 is 0.969 bits per heavy atom. The molecule has 4 aliphatic carbocycles. The molecule has 0 amide bonds. The van der Waals surface area contributed by atoms with E-state index in [4.69, 9.17) is 10.1 Å². The van der Waals surface area contributed by atoms with Gasteiger partial charge in [-0.1, -0.05) is 25.5 Å². The number of hydrogen-bond acceptors (Lipinski definition) is 5. The third-order valence-corrected chi connectivity index (χ3v) is 10.7. The Morgan fingerprint density at radius 3 is 2.41 bits per heavy atom. The lowest BCUT2D eigenvalue weighted by atomic mass is 9.46. The Bertz CT molecular complexity index is 719. The van der Waals surface area contributed by atoms with E-state index in [0.29, 0.717) is 17.8 Å². The molecule has 0 aromatic carbocycles. The second-order valence-electron chi connectivity index (χ2n) is 12.9. The maximum Gasteiger partial charge on any atom is 0.104 e. The van der Waals surface area contributed by atoms with Crippen LogP contribution in [0.1, 0.15) is 105 Å². The van der Waals surface area contributed by atoms with E-state index in [0.717, 1.165) is 57.3 Å². The summed E-state index contributed by atoms with van der Waals surface area (Å²) in [5.41, 5.74) is 0.807. The van der Waals surface area contributed by atoms with Crippen LogP contribution >= 0.6 is 0 Å². The first-order chi connectivity index (χ1) is 15.0. The Labute approximate surface area is 194 Å². The fraction of sp³-hybridized carbons (Fsp3) is 0.926. The van der Waals surface area contributed by atoms with Crippen LogP contribution in [-0.2, 0) is 9.78 Å². The zero-order valence-electron chi connectivity index (χ0n) is 20.9. The minimum absolute atomic E-state index is 0.154. The van der Waals surface area contributed by atoms with Gasteiger partial charge in [-0.25, -0.2) is 9.78 Å². The van der Waals surface area contributed by atoms with Gasteiger partial charge in [0.1, 0.15) is 5.60 Å². The van der Waals surface area contributed by atoms with Crippen molar-refractivity contribution in [3.63, 3.8) is 0 Å². The number of allylic oxidation sites excluding steroid dienone is 1. The van der Waals surface area contributed by atoms with Crippen LogP contribution in [0.2, 0.25) is 0 Å². The normalized spacial score (nSPS) is 43.6. The molecule has 184 valence electrons. The van der Waals surface area contributed by atoms with Gasteiger partial charge in [-0.05, 0) is 126 Å². The van der Waals surface area contributed by atoms with Crippen LogP contribution in [0.3, 0.4) is 0 Å². The summed E-state index contributed by atoms with van der Waals surface area (Å²) < 4.78 is 0. The van der Waals surface area contributed by atoms with E-state index < -0.39 is 11.2 Å². The quantitative estimate of drug-likeness (QED) is 0.231. The maximum absolute atomic E-state index is 10.2. The average Bonchev–Trinajstić information content (AvgIpc) is 3.12. The van der Waals surface area contributed by atoms with E-state index in [9.17, 15) is 10.4 Å². The van der Waals surface area contributed by atoms with E-state index in [1.54, 1.807) is 0 Å². The van der Waals surface area contributed by atoms with Gasteiger partial charge in [0.2, 0.25) is 0 Å². The molecule has 3 N–H and O–H groups in total. The number of aliphatic hydroxyl groups excluding tert-OH is 1. The predicted molar refractivity (Wildman–Crippen MR) is 125 cm³/mol. The van der Waals surface area contributed by atoms with Crippen molar-refractivity contribution in [3.05, 3.63) is 11.6 Å². The Kier molecular flexibility index (Phi) is 6.66. The summed E-state index contributed by atoms with van der Waals surface area (Å²) in [4.78, 5) is 9.91. The largest absolute Gasteiger partial charge is 0.393 e. The molecule has 0 heterocycles. The van der Waals surface area contributed by atoms with Gasteiger partial charge in [0.15, 0.2) is 0 Å². The summed E-state index contributed by atoms with van der Waals surface area (Å²) in [5.74, 6) is 2.41. The second kappa shape index (κ2) is 8.64. The molecule has 0 aromatic heterocycles. The minimum Gasteiger partial charge on any atom is -0.393 e. The van der Waals surface area contributed by atoms with Crippen molar-refractivity contribution in [2.24, 2.45) is 34.5 Å². The maximum atomic E-state index is 10.2. The van der Waals surface area contributed by atoms with Gasteiger partial charge in [0.05, 0.1) is 11.7 Å². The molecule has 0 aliphatic heterocycles. The second-order valence-corrected chi connectivity index (χ2v) is 12.9. The zero-order chi connectivity index (χ0) is 23.4. The van der Waals surface area contributed by atoms with Crippen LogP contribution in [0.25, 0.3) is 0 Å². The highest BCUT2D eigenvalue weighted by molar-refractivity contribution is 5.25. The molecule has 0 radical (unpaired) electrons. The molecule has 0 saturated heterocycles. The van der Waals surface area contributed by atoms with Crippen molar-refractivity contribution < 1.29 is 25.4 Å². The third-order valence-electron chi connectivity index (χ3n) is 10.7. The molecule has 4 rings (SSSR count). The molecule has 0 bridgehead atoms. The zero-order valence-corrected chi connectivity index (χ0v) is 20.9. The molecule has 8 atom stereocenters. The van der Waals surface area contributed by atoms with Crippen LogP contribution in [0.15, 0.2) is 11.6 Å². The first-order valence-electron chi connectivity index (χ1n) is 13.0. The van der Waals surface area contributed by atoms with E-state index >= 15 is 0 Å². The van der Waals surface area contributed by atoms with Crippen molar-refractivity contribution in [2.45, 2.75) is 123 Å². The van der Waals surface area contributed by atoms with Crippen molar-refractivity contribution in [2.75, 3.05) is 0 Å². The molecular formula is C27H46O5. The highest BCUT2D eigenvalue weighted by atomic mass is 17.1. The average molecular weight is 451 g/mol. The van der Waals surface area contributed by atoms with E-state index in [2.05, 4.69) is 31.7 Å². The molecule has 5 nitrogen and oxygen atoms in total. The SMILES string of the molecule is CC(C)(CCC[C@@](C)(OO)[C@H]1CC[C@H]2[C@@H]3CC=C4C[C@@H](O)CC[C@]4(C)[C@H]3CC[C@@]21C)OO. The summed E-state index contributed by atoms with van der Waals surface area (Å²) in [6.45, 7) is 10.8. The van der Waals surface area contributed by atoms with Crippen LogP contribution in [0, 0.1) is 34.5 Å². The Hall–Kier alpha value is -0.460. The van der Waals surface area contributed by atoms with Gasteiger partial charge in [-0.3, -0.25) is 10.5 Å². The summed E-state index contributed by atoms with van der Waals surface area (Å²) >= 11 is 0. The van der Waals surface area contributed by atoms with E-state index in [1.807, 2.05) is 13.8 Å². The predicted octanol–water partition coefficient (Wildman–Crippen LogP) is 6.61. The van der Waals surface area contributed by atoms with Gasteiger partial charge in [-0.15, -0.1) is 0 Å². The molecule has 0 aromatic rings. The molecular weight excluding hydrogens is 404 g/mol. The Balaban J connectivity index is 1.52. The summed E-state index contributed by atoms with van der Waals surface area (Å²) in [5, 5.41) is 29.4. The number of rotatable bonds is 7. The number of aliphatic hydroxyl groups is 1.